The molecular weight excluding hydrogens is 307 g/mol. The van der Waals surface area contributed by atoms with Crippen molar-refractivity contribution in [1.29, 1.82) is 0 Å². The smallest absolute Gasteiger partial charge is 0.345 e. The van der Waals surface area contributed by atoms with E-state index in [1.54, 1.807) is 18.2 Å². The van der Waals surface area contributed by atoms with Crippen LogP contribution in [-0.4, -0.2) is 11.9 Å². The Morgan fingerprint density at radius 3 is 2.73 bits per heavy atom. The fraction of sp³-hybridized carbons (Fsp3) is 0.273. The molecule has 0 saturated heterocycles. The first kappa shape index (κ1) is 12.2. The lowest BCUT2D eigenvalue weighted by atomic mass is 10.2. The molecule has 0 unspecified atom stereocenters. The van der Waals surface area contributed by atoms with E-state index >= 15 is 0 Å². The highest BCUT2D eigenvalue weighted by molar-refractivity contribution is 14.1. The molecule has 4 heteroatoms. The first-order valence-electron chi connectivity index (χ1n) is 4.64. The maximum absolute atomic E-state index is 11.4. The predicted octanol–water partition coefficient (Wildman–Crippen LogP) is 2.77. The second-order valence-electron chi connectivity index (χ2n) is 3.02. The Labute approximate surface area is 102 Å². The predicted molar refractivity (Wildman–Crippen MR) is 64.5 cm³/mol. The van der Waals surface area contributed by atoms with Crippen molar-refractivity contribution < 1.29 is 14.3 Å². The molecule has 0 fully saturated rings. The first-order valence-corrected chi connectivity index (χ1v) is 5.72. The van der Waals surface area contributed by atoms with Gasteiger partial charge < -0.3 is 4.74 Å². The molecule has 0 amide bonds. The molecular formula is C11H11IO3. The minimum absolute atomic E-state index is 0.273. The molecule has 0 radical (unpaired) electrons. The monoisotopic (exact) mass is 318 g/mol. The van der Waals surface area contributed by atoms with Gasteiger partial charge in [-0.25, -0.2) is 4.79 Å². The fourth-order valence-corrected chi connectivity index (χ4v) is 1.58. The molecule has 15 heavy (non-hydrogen) atoms. The van der Waals surface area contributed by atoms with Gasteiger partial charge in [0, 0.05) is 9.99 Å². The number of rotatable bonds is 3. The molecule has 0 saturated carbocycles. The zero-order chi connectivity index (χ0) is 11.3. The molecule has 1 rings (SSSR count). The Bertz CT molecular complexity index is 374. The molecule has 0 spiro atoms. The van der Waals surface area contributed by atoms with Crippen LogP contribution in [0.2, 0.25) is 0 Å². The van der Waals surface area contributed by atoms with Crippen LogP contribution in [-0.2, 0) is 9.53 Å². The van der Waals surface area contributed by atoms with Crippen molar-refractivity contribution >= 4 is 34.5 Å². The second-order valence-corrected chi connectivity index (χ2v) is 4.27. The van der Waals surface area contributed by atoms with E-state index in [4.69, 9.17) is 0 Å². The summed E-state index contributed by atoms with van der Waals surface area (Å²) in [7, 11) is 0. The van der Waals surface area contributed by atoms with Crippen LogP contribution in [0.25, 0.3) is 0 Å². The van der Waals surface area contributed by atoms with Gasteiger partial charge in [-0.1, -0.05) is 13.0 Å². The molecule has 0 aromatic heterocycles. The van der Waals surface area contributed by atoms with Crippen molar-refractivity contribution in [3.63, 3.8) is 0 Å². The molecule has 0 atom stereocenters. The van der Waals surface area contributed by atoms with Gasteiger partial charge in [-0.2, -0.15) is 0 Å². The standard InChI is InChI=1S/C11H11IO3/c1-2-4-10(13)15-11(14)8-5-3-6-9(12)7-8/h3,5-7H,2,4H2,1H3. The molecule has 1 aromatic rings. The lowest BCUT2D eigenvalue weighted by Gasteiger charge is -2.02. The number of hydrogen-bond donors (Lipinski definition) is 0. The van der Waals surface area contributed by atoms with Crippen molar-refractivity contribution in [2.24, 2.45) is 0 Å². The van der Waals surface area contributed by atoms with Gasteiger partial charge in [0.25, 0.3) is 0 Å². The Morgan fingerprint density at radius 1 is 1.40 bits per heavy atom. The third-order valence-electron chi connectivity index (χ3n) is 1.72. The summed E-state index contributed by atoms with van der Waals surface area (Å²) in [5.41, 5.74) is 0.409. The van der Waals surface area contributed by atoms with Crippen LogP contribution in [0.4, 0.5) is 0 Å². The van der Waals surface area contributed by atoms with Crippen molar-refractivity contribution in [3.05, 3.63) is 33.4 Å². The van der Waals surface area contributed by atoms with Gasteiger partial charge in [-0.3, -0.25) is 4.79 Å². The third kappa shape index (κ3) is 3.99. The maximum Gasteiger partial charge on any atom is 0.345 e. The molecule has 0 N–H and O–H groups in total. The summed E-state index contributed by atoms with van der Waals surface area (Å²) in [6.45, 7) is 1.86. The number of carbonyl (C=O) groups is 2. The molecule has 0 bridgehead atoms. The van der Waals surface area contributed by atoms with Crippen LogP contribution in [0.1, 0.15) is 30.1 Å². The van der Waals surface area contributed by atoms with Gasteiger partial charge in [0.2, 0.25) is 0 Å². The summed E-state index contributed by atoms with van der Waals surface area (Å²) in [6.07, 6.45) is 0.952. The van der Waals surface area contributed by atoms with Gasteiger partial charge in [0.05, 0.1) is 5.56 Å². The van der Waals surface area contributed by atoms with Gasteiger partial charge >= 0.3 is 11.9 Å². The summed E-state index contributed by atoms with van der Waals surface area (Å²) in [4.78, 5) is 22.5. The van der Waals surface area contributed by atoms with E-state index in [9.17, 15) is 9.59 Å². The van der Waals surface area contributed by atoms with Gasteiger partial charge in [-0.15, -0.1) is 0 Å². The Kier molecular flexibility index (Phi) is 4.74. The molecule has 80 valence electrons. The van der Waals surface area contributed by atoms with Crippen LogP contribution < -0.4 is 0 Å². The molecule has 0 aliphatic carbocycles. The molecule has 0 aliphatic heterocycles. The van der Waals surface area contributed by atoms with E-state index in [1.165, 1.54) is 0 Å². The SMILES string of the molecule is CCCC(=O)OC(=O)c1cccc(I)c1. The Balaban J connectivity index is 2.65. The normalized spacial score (nSPS) is 9.73. The van der Waals surface area contributed by atoms with Crippen molar-refractivity contribution in [2.75, 3.05) is 0 Å². The van der Waals surface area contributed by atoms with Crippen LogP contribution in [0.15, 0.2) is 24.3 Å². The average molecular weight is 318 g/mol. The van der Waals surface area contributed by atoms with Crippen molar-refractivity contribution in [3.8, 4) is 0 Å². The van der Waals surface area contributed by atoms with Crippen molar-refractivity contribution in [1.82, 2.24) is 0 Å². The summed E-state index contributed by atoms with van der Waals surface area (Å²) in [5, 5.41) is 0. The number of halogens is 1. The topological polar surface area (TPSA) is 43.4 Å². The van der Waals surface area contributed by atoms with E-state index in [0.29, 0.717) is 12.0 Å². The summed E-state index contributed by atoms with van der Waals surface area (Å²) in [6, 6.07) is 6.93. The molecule has 1 aromatic carbocycles. The lowest BCUT2D eigenvalue weighted by molar-refractivity contribution is -0.137. The van der Waals surface area contributed by atoms with Gasteiger partial charge in [-0.05, 0) is 47.2 Å². The number of ether oxygens (including phenoxy) is 1. The highest BCUT2D eigenvalue weighted by Gasteiger charge is 2.11. The zero-order valence-electron chi connectivity index (χ0n) is 8.33. The summed E-state index contributed by atoms with van der Waals surface area (Å²) < 4.78 is 5.59. The Morgan fingerprint density at radius 2 is 2.13 bits per heavy atom. The number of hydrogen-bond acceptors (Lipinski definition) is 3. The van der Waals surface area contributed by atoms with Crippen LogP contribution in [0.3, 0.4) is 0 Å². The molecule has 0 heterocycles. The highest BCUT2D eigenvalue weighted by Crippen LogP contribution is 2.09. The van der Waals surface area contributed by atoms with Crippen LogP contribution in [0.5, 0.6) is 0 Å². The fourth-order valence-electron chi connectivity index (χ4n) is 1.03. The van der Waals surface area contributed by atoms with Gasteiger partial charge in [0.15, 0.2) is 0 Å². The first-order chi connectivity index (χ1) is 7.13. The summed E-state index contributed by atoms with van der Waals surface area (Å²) >= 11 is 2.10. The number of carbonyl (C=O) groups excluding carboxylic acids is 2. The number of esters is 2. The molecule has 0 aliphatic rings. The maximum atomic E-state index is 11.4. The Hall–Kier alpha value is -0.910. The zero-order valence-corrected chi connectivity index (χ0v) is 10.5. The van der Waals surface area contributed by atoms with E-state index in [0.717, 1.165) is 3.57 Å². The minimum atomic E-state index is -0.577. The van der Waals surface area contributed by atoms with E-state index in [2.05, 4.69) is 27.3 Å². The highest BCUT2D eigenvalue weighted by atomic mass is 127. The van der Waals surface area contributed by atoms with E-state index in [1.807, 2.05) is 13.0 Å². The van der Waals surface area contributed by atoms with Crippen molar-refractivity contribution in [2.45, 2.75) is 19.8 Å². The van der Waals surface area contributed by atoms with E-state index < -0.39 is 11.9 Å². The quantitative estimate of drug-likeness (QED) is 0.489. The third-order valence-corrected chi connectivity index (χ3v) is 2.39. The summed E-state index contributed by atoms with van der Waals surface area (Å²) in [5.74, 6) is -1.05. The largest absolute Gasteiger partial charge is 0.389 e. The molecule has 3 nitrogen and oxygen atoms in total. The lowest BCUT2D eigenvalue weighted by Crippen LogP contribution is -2.12. The second kappa shape index (κ2) is 5.85. The minimum Gasteiger partial charge on any atom is -0.389 e. The van der Waals surface area contributed by atoms with Crippen LogP contribution in [0, 0.1) is 3.57 Å². The van der Waals surface area contributed by atoms with Crippen LogP contribution >= 0.6 is 22.6 Å². The van der Waals surface area contributed by atoms with E-state index in [-0.39, 0.29) is 6.42 Å². The van der Waals surface area contributed by atoms with Gasteiger partial charge in [0.1, 0.15) is 0 Å². The number of benzene rings is 1. The average Bonchev–Trinajstić information content (AvgIpc) is 2.18.